The van der Waals surface area contributed by atoms with Crippen LogP contribution in [0.1, 0.15) is 41.5 Å². The number of aromatic carboxylic acids is 1. The summed E-state index contributed by atoms with van der Waals surface area (Å²) in [5, 5.41) is 14.3. The van der Waals surface area contributed by atoms with Crippen LogP contribution in [0.3, 0.4) is 0 Å². The molecule has 0 saturated carbocycles. The zero-order valence-corrected chi connectivity index (χ0v) is 14.1. The highest BCUT2D eigenvalue weighted by molar-refractivity contribution is 6.30. The van der Waals surface area contributed by atoms with E-state index in [1.54, 1.807) is 33.8 Å². The largest absolute Gasteiger partial charge is 0.476 e. The highest BCUT2D eigenvalue weighted by Gasteiger charge is 2.30. The van der Waals surface area contributed by atoms with E-state index in [-0.39, 0.29) is 11.6 Å². The molecule has 1 aliphatic rings. The first-order valence-corrected chi connectivity index (χ1v) is 8.26. The van der Waals surface area contributed by atoms with E-state index < -0.39 is 5.97 Å². The van der Waals surface area contributed by atoms with Crippen molar-refractivity contribution in [2.45, 2.75) is 32.7 Å². The molecule has 0 bridgehead atoms. The molecule has 0 saturated heterocycles. The predicted octanol–water partition coefficient (Wildman–Crippen LogP) is 2.91. The van der Waals surface area contributed by atoms with E-state index in [2.05, 4.69) is 5.10 Å². The van der Waals surface area contributed by atoms with Crippen LogP contribution in [-0.2, 0) is 17.8 Å². The van der Waals surface area contributed by atoms with Gasteiger partial charge in [0, 0.05) is 36.5 Å². The van der Waals surface area contributed by atoms with Gasteiger partial charge in [0.1, 0.15) is 0 Å². The van der Waals surface area contributed by atoms with Crippen LogP contribution in [0.15, 0.2) is 24.3 Å². The van der Waals surface area contributed by atoms with Crippen LogP contribution in [0.2, 0.25) is 5.02 Å². The summed E-state index contributed by atoms with van der Waals surface area (Å²) in [6, 6.07) is 7.09. The molecule has 1 N–H and O–H groups in total. The summed E-state index contributed by atoms with van der Waals surface area (Å²) in [5.74, 6) is -1.03. The lowest BCUT2D eigenvalue weighted by molar-refractivity contribution is -0.132. The van der Waals surface area contributed by atoms with E-state index in [1.807, 2.05) is 6.92 Å². The van der Waals surface area contributed by atoms with Crippen LogP contribution < -0.4 is 0 Å². The molecule has 0 fully saturated rings. The summed E-state index contributed by atoms with van der Waals surface area (Å²) < 4.78 is 1.65. The maximum atomic E-state index is 12.1. The maximum absolute atomic E-state index is 12.1. The fourth-order valence-corrected chi connectivity index (χ4v) is 3.10. The Morgan fingerprint density at radius 3 is 2.62 bits per heavy atom. The van der Waals surface area contributed by atoms with Crippen molar-refractivity contribution in [2.24, 2.45) is 0 Å². The summed E-state index contributed by atoms with van der Waals surface area (Å²) in [7, 11) is 0. The van der Waals surface area contributed by atoms with Crippen LogP contribution in [0, 0.1) is 0 Å². The first-order valence-electron chi connectivity index (χ1n) is 7.89. The van der Waals surface area contributed by atoms with Gasteiger partial charge in [-0.15, -0.1) is 0 Å². The monoisotopic (exact) mass is 347 g/mol. The molecule has 2 heterocycles. The van der Waals surface area contributed by atoms with Gasteiger partial charge in [-0.2, -0.15) is 5.10 Å². The third-order valence-corrected chi connectivity index (χ3v) is 4.40. The van der Waals surface area contributed by atoms with E-state index in [0.29, 0.717) is 36.5 Å². The van der Waals surface area contributed by atoms with E-state index >= 15 is 0 Å². The molecule has 0 spiro atoms. The third kappa shape index (κ3) is 3.01. The minimum Gasteiger partial charge on any atom is -0.476 e. The van der Waals surface area contributed by atoms with Crippen molar-refractivity contribution in [3.8, 4) is 5.69 Å². The number of nitrogens with zero attached hydrogens (tertiary/aromatic N) is 3. The molecule has 6 nitrogen and oxygen atoms in total. The van der Waals surface area contributed by atoms with E-state index in [4.69, 9.17) is 11.6 Å². The first kappa shape index (κ1) is 16.5. The molecule has 24 heavy (non-hydrogen) atoms. The molecular formula is C17H18ClN3O3. The number of carboxylic acid groups (broad SMARTS) is 1. The number of aromatic nitrogens is 2. The molecule has 0 atom stereocenters. The molecule has 0 unspecified atom stereocenters. The van der Waals surface area contributed by atoms with Crippen molar-refractivity contribution < 1.29 is 14.7 Å². The van der Waals surface area contributed by atoms with Crippen LogP contribution in [0.25, 0.3) is 5.69 Å². The topological polar surface area (TPSA) is 75.4 Å². The number of amides is 1. The number of benzene rings is 1. The average molecular weight is 348 g/mol. The van der Waals surface area contributed by atoms with E-state index in [1.165, 1.54) is 0 Å². The zero-order valence-electron chi connectivity index (χ0n) is 13.3. The summed E-state index contributed by atoms with van der Waals surface area (Å²) in [6.45, 7) is 2.82. The van der Waals surface area contributed by atoms with Gasteiger partial charge in [-0.25, -0.2) is 9.48 Å². The second-order valence-electron chi connectivity index (χ2n) is 5.78. The lowest BCUT2D eigenvalue weighted by atomic mass is 10.0. The average Bonchev–Trinajstić information content (AvgIpc) is 2.95. The molecule has 0 radical (unpaired) electrons. The van der Waals surface area contributed by atoms with Gasteiger partial charge in [-0.1, -0.05) is 18.5 Å². The number of rotatable bonds is 4. The van der Waals surface area contributed by atoms with Crippen molar-refractivity contribution >= 4 is 23.5 Å². The van der Waals surface area contributed by atoms with Crippen LogP contribution in [0.5, 0.6) is 0 Å². The highest BCUT2D eigenvalue weighted by atomic mass is 35.5. The molecule has 126 valence electrons. The van der Waals surface area contributed by atoms with Crippen LogP contribution in [-0.4, -0.2) is 38.2 Å². The second kappa shape index (κ2) is 6.65. The highest BCUT2D eigenvalue weighted by Crippen LogP contribution is 2.26. The normalized spacial score (nSPS) is 13.7. The number of fused-ring (bicyclic) bond motifs is 1. The summed E-state index contributed by atoms with van der Waals surface area (Å²) in [5.41, 5.74) is 2.23. The number of carbonyl (C=O) groups excluding carboxylic acids is 1. The lowest BCUT2D eigenvalue weighted by Gasteiger charge is -2.27. The Labute approximate surface area is 144 Å². The van der Waals surface area contributed by atoms with Gasteiger partial charge in [0.05, 0.1) is 11.4 Å². The van der Waals surface area contributed by atoms with Crippen molar-refractivity contribution in [3.05, 3.63) is 46.2 Å². The lowest BCUT2D eigenvalue weighted by Crippen LogP contribution is -2.36. The Kier molecular flexibility index (Phi) is 4.57. The Balaban J connectivity index is 2.01. The number of hydrogen-bond acceptors (Lipinski definition) is 3. The standard InChI is InChI=1S/C17H18ClN3O3/c1-2-3-15(22)20-9-8-14-13(10-20)16(17(23)24)19-21(14)12-6-4-11(18)5-7-12/h4-7H,2-3,8-10H2,1H3,(H,23,24). The Hall–Kier alpha value is -2.34. The van der Waals surface area contributed by atoms with Crippen molar-refractivity contribution in [3.63, 3.8) is 0 Å². The molecule has 1 aromatic carbocycles. The maximum Gasteiger partial charge on any atom is 0.356 e. The predicted molar refractivity (Wildman–Crippen MR) is 89.6 cm³/mol. The molecule has 7 heteroatoms. The smallest absolute Gasteiger partial charge is 0.356 e. The molecular weight excluding hydrogens is 330 g/mol. The van der Waals surface area contributed by atoms with Crippen molar-refractivity contribution in [1.82, 2.24) is 14.7 Å². The zero-order chi connectivity index (χ0) is 17.3. The van der Waals surface area contributed by atoms with E-state index in [9.17, 15) is 14.7 Å². The molecule has 1 amide bonds. The molecule has 2 aromatic rings. The fourth-order valence-electron chi connectivity index (χ4n) is 2.97. The minimum absolute atomic E-state index is 0.00829. The van der Waals surface area contributed by atoms with Gasteiger partial charge in [-0.3, -0.25) is 4.79 Å². The third-order valence-electron chi connectivity index (χ3n) is 4.15. The quantitative estimate of drug-likeness (QED) is 0.922. The van der Waals surface area contributed by atoms with Gasteiger partial charge < -0.3 is 10.0 Å². The first-order chi connectivity index (χ1) is 11.5. The number of hydrogen-bond donors (Lipinski definition) is 1. The minimum atomic E-state index is -1.08. The Bertz CT molecular complexity index is 783. The molecule has 1 aliphatic heterocycles. The van der Waals surface area contributed by atoms with Crippen molar-refractivity contribution in [1.29, 1.82) is 0 Å². The number of halogens is 1. The van der Waals surface area contributed by atoms with Gasteiger partial charge in [0.25, 0.3) is 0 Å². The summed E-state index contributed by atoms with van der Waals surface area (Å²) in [4.78, 5) is 25.4. The van der Waals surface area contributed by atoms with Gasteiger partial charge in [-0.05, 0) is 30.7 Å². The number of carbonyl (C=O) groups is 2. The second-order valence-corrected chi connectivity index (χ2v) is 6.22. The fraction of sp³-hybridized carbons (Fsp3) is 0.353. The molecule has 1 aromatic heterocycles. The van der Waals surface area contributed by atoms with Gasteiger partial charge in [0.2, 0.25) is 5.91 Å². The van der Waals surface area contributed by atoms with Crippen LogP contribution >= 0.6 is 11.6 Å². The molecule has 3 rings (SSSR count). The Morgan fingerprint density at radius 2 is 2.00 bits per heavy atom. The Morgan fingerprint density at radius 1 is 1.29 bits per heavy atom. The SMILES string of the molecule is CCCC(=O)N1CCc2c(c(C(=O)O)nn2-c2ccc(Cl)cc2)C1. The number of carboxylic acids is 1. The van der Waals surface area contributed by atoms with Crippen LogP contribution in [0.4, 0.5) is 0 Å². The van der Waals surface area contributed by atoms with Gasteiger partial charge in [0.15, 0.2) is 5.69 Å². The molecule has 0 aliphatic carbocycles. The van der Waals surface area contributed by atoms with Crippen molar-refractivity contribution in [2.75, 3.05) is 6.54 Å². The van der Waals surface area contributed by atoms with Gasteiger partial charge >= 0.3 is 5.97 Å². The summed E-state index contributed by atoms with van der Waals surface area (Å²) in [6.07, 6.45) is 1.83. The van der Waals surface area contributed by atoms with E-state index in [0.717, 1.165) is 17.8 Å². The summed E-state index contributed by atoms with van der Waals surface area (Å²) >= 11 is 5.91.